The monoisotopic (exact) mass is 637 g/mol. The van der Waals surface area contributed by atoms with Crippen LogP contribution < -0.4 is 5.32 Å². The van der Waals surface area contributed by atoms with Crippen molar-refractivity contribution in [2.45, 2.75) is 38.5 Å². The van der Waals surface area contributed by atoms with E-state index in [1.807, 2.05) is 24.3 Å². The van der Waals surface area contributed by atoms with E-state index in [1.54, 1.807) is 30.9 Å². The lowest BCUT2D eigenvalue weighted by molar-refractivity contribution is -0.120. The number of amides is 1. The number of anilines is 1. The van der Waals surface area contributed by atoms with Crippen molar-refractivity contribution >= 4 is 43.4 Å². The number of aromatic amines is 2. The topological polar surface area (TPSA) is 146 Å². The van der Waals surface area contributed by atoms with Crippen LogP contribution in [0.25, 0.3) is 55.7 Å². The normalized spacial score (nSPS) is 14.2. The van der Waals surface area contributed by atoms with Gasteiger partial charge in [0.05, 0.1) is 46.3 Å². The molecule has 12 heteroatoms. The molecule has 0 unspecified atom stereocenters. The highest BCUT2D eigenvalue weighted by Crippen LogP contribution is 2.35. The average Bonchev–Trinajstić information content (AvgIpc) is 3.68. The summed E-state index contributed by atoms with van der Waals surface area (Å²) in [6, 6.07) is 12.2. The third-order valence-corrected chi connectivity index (χ3v) is 9.46. The Morgan fingerprint density at radius 1 is 0.957 bits per heavy atom. The lowest BCUT2D eigenvalue weighted by Gasteiger charge is -2.20. The summed E-state index contributed by atoms with van der Waals surface area (Å²) in [5.74, 6) is -0.440. The van der Waals surface area contributed by atoms with Crippen LogP contribution in [-0.2, 0) is 21.1 Å². The van der Waals surface area contributed by atoms with Crippen LogP contribution in [0.1, 0.15) is 37.7 Å². The number of carbonyl (C=O) groups excluding carboxylic acids is 1. The largest absolute Gasteiger partial charge is 0.352 e. The van der Waals surface area contributed by atoms with Gasteiger partial charge in [-0.05, 0) is 66.8 Å². The number of hydrogen-bond donors (Lipinski definition) is 3. The summed E-state index contributed by atoms with van der Waals surface area (Å²) in [4.78, 5) is 29.9. The number of rotatable bonds is 8. The Bertz CT molecular complexity index is 2200. The highest BCUT2D eigenvalue weighted by atomic mass is 32.2. The fourth-order valence-electron chi connectivity index (χ4n) is 6.17. The molecular formula is C34H32FN7O3S. The number of carbonyl (C=O) groups is 1. The lowest BCUT2D eigenvalue weighted by atomic mass is 9.88. The second-order valence-corrected chi connectivity index (χ2v) is 14.3. The molecule has 3 N–H and O–H groups in total. The fraction of sp³-hybridized carbons (Fsp3) is 0.265. The number of nitrogens with one attached hydrogen (secondary N) is 3. The predicted molar refractivity (Wildman–Crippen MR) is 176 cm³/mol. The summed E-state index contributed by atoms with van der Waals surface area (Å²) < 4.78 is 38.1. The maximum absolute atomic E-state index is 14.7. The van der Waals surface area contributed by atoms with Crippen LogP contribution in [0.2, 0.25) is 0 Å². The van der Waals surface area contributed by atoms with Crippen LogP contribution in [0, 0.1) is 11.7 Å². The molecule has 1 saturated carbocycles. The van der Waals surface area contributed by atoms with Gasteiger partial charge in [0.1, 0.15) is 26.9 Å². The van der Waals surface area contributed by atoms with E-state index >= 15 is 0 Å². The zero-order chi connectivity index (χ0) is 31.8. The maximum atomic E-state index is 14.7. The van der Waals surface area contributed by atoms with Crippen molar-refractivity contribution in [2.24, 2.45) is 5.92 Å². The van der Waals surface area contributed by atoms with E-state index in [9.17, 15) is 17.6 Å². The van der Waals surface area contributed by atoms with Gasteiger partial charge >= 0.3 is 0 Å². The molecule has 7 rings (SSSR count). The molecular weight excluding hydrogens is 605 g/mol. The molecule has 1 aliphatic carbocycles. The molecule has 5 aromatic heterocycles. The summed E-state index contributed by atoms with van der Waals surface area (Å²) >= 11 is 0. The Morgan fingerprint density at radius 2 is 1.78 bits per heavy atom. The van der Waals surface area contributed by atoms with E-state index in [0.717, 1.165) is 47.7 Å². The second-order valence-electron chi connectivity index (χ2n) is 12.0. The van der Waals surface area contributed by atoms with Gasteiger partial charge in [-0.25, -0.2) is 17.8 Å². The Kier molecular flexibility index (Phi) is 7.81. The maximum Gasteiger partial charge on any atom is 0.227 e. The summed E-state index contributed by atoms with van der Waals surface area (Å²) in [6.45, 7) is 0. The molecule has 1 aromatic carbocycles. The van der Waals surface area contributed by atoms with Gasteiger partial charge in [0.25, 0.3) is 0 Å². The van der Waals surface area contributed by atoms with Gasteiger partial charge in [0.15, 0.2) is 0 Å². The van der Waals surface area contributed by atoms with Gasteiger partial charge in [-0.2, -0.15) is 5.10 Å². The Balaban J connectivity index is 1.21. The number of aryl methyl sites for hydroxylation is 1. The Morgan fingerprint density at radius 3 is 2.61 bits per heavy atom. The second kappa shape index (κ2) is 12.1. The Hall–Kier alpha value is -4.97. The molecule has 6 aromatic rings. The number of pyridine rings is 3. The van der Waals surface area contributed by atoms with E-state index in [4.69, 9.17) is 4.98 Å². The fourth-order valence-corrected chi connectivity index (χ4v) is 6.77. The van der Waals surface area contributed by atoms with Crippen molar-refractivity contribution in [2.75, 3.05) is 17.3 Å². The quantitative estimate of drug-likeness (QED) is 0.173. The van der Waals surface area contributed by atoms with Crippen LogP contribution in [0.3, 0.4) is 0 Å². The first kappa shape index (κ1) is 29.7. The van der Waals surface area contributed by atoms with Crippen LogP contribution in [0.5, 0.6) is 0 Å². The summed E-state index contributed by atoms with van der Waals surface area (Å²) in [7, 11) is -3.20. The van der Waals surface area contributed by atoms with E-state index in [1.165, 1.54) is 24.8 Å². The molecule has 0 aliphatic heterocycles. The molecule has 1 aliphatic rings. The lowest BCUT2D eigenvalue weighted by Crippen LogP contribution is -2.24. The number of aromatic nitrogens is 6. The van der Waals surface area contributed by atoms with Crippen molar-refractivity contribution in [1.29, 1.82) is 0 Å². The van der Waals surface area contributed by atoms with Crippen LogP contribution in [-0.4, -0.2) is 56.5 Å². The van der Waals surface area contributed by atoms with Gasteiger partial charge < -0.3 is 10.3 Å². The number of H-pyrrole nitrogens is 2. The predicted octanol–water partition coefficient (Wildman–Crippen LogP) is 6.48. The third kappa shape index (κ3) is 6.25. The highest BCUT2D eigenvalue weighted by molar-refractivity contribution is 7.90. The molecule has 46 heavy (non-hydrogen) atoms. The number of hydrogen-bond acceptors (Lipinski definition) is 7. The van der Waals surface area contributed by atoms with Crippen molar-refractivity contribution in [3.63, 3.8) is 0 Å². The molecule has 0 bridgehead atoms. The van der Waals surface area contributed by atoms with E-state index in [0.29, 0.717) is 45.0 Å². The first-order chi connectivity index (χ1) is 22.2. The minimum absolute atomic E-state index is 0.0372. The molecule has 0 saturated heterocycles. The molecule has 234 valence electrons. The zero-order valence-corrected chi connectivity index (χ0v) is 26.0. The Labute approximate surface area is 264 Å². The van der Waals surface area contributed by atoms with Crippen molar-refractivity contribution in [1.82, 2.24) is 30.1 Å². The number of nitrogens with zero attached hydrogens (tertiary/aromatic N) is 4. The number of fused-ring (bicyclic) bond motifs is 2. The zero-order valence-electron chi connectivity index (χ0n) is 25.2. The van der Waals surface area contributed by atoms with Crippen molar-refractivity contribution in [3.8, 4) is 33.8 Å². The summed E-state index contributed by atoms with van der Waals surface area (Å²) in [6.07, 6.45) is 13.3. The molecule has 0 atom stereocenters. The van der Waals surface area contributed by atoms with Gasteiger partial charge in [-0.1, -0.05) is 25.3 Å². The number of halogens is 1. The minimum Gasteiger partial charge on any atom is -0.352 e. The van der Waals surface area contributed by atoms with E-state index < -0.39 is 15.7 Å². The molecule has 1 amide bonds. The molecule has 1 fully saturated rings. The number of benzene rings is 1. The third-order valence-electron chi connectivity index (χ3n) is 8.52. The van der Waals surface area contributed by atoms with Crippen LogP contribution >= 0.6 is 0 Å². The molecule has 0 radical (unpaired) electrons. The standard InChI is InChI=1S/C34H32FN7O3S/c1-46(44,45)10-9-20-11-22(13-24(35)12-20)27-18-37-19-31-26(27)15-30(39-31)33-32-29(41-42-33)8-7-28(40-32)23-14-25(17-36-16-23)38-34(43)21-5-3-2-4-6-21/h7-8,11-19,21,39H,2-6,9-10H2,1H3,(H,38,43)(H,41,42). The number of sulfone groups is 1. The van der Waals surface area contributed by atoms with Gasteiger partial charge in [0, 0.05) is 41.1 Å². The molecule has 5 heterocycles. The van der Waals surface area contributed by atoms with Gasteiger partial charge in [-0.15, -0.1) is 0 Å². The van der Waals surface area contributed by atoms with Crippen molar-refractivity contribution < 1.29 is 17.6 Å². The SMILES string of the molecule is CS(=O)(=O)CCc1cc(F)cc(-c2cncc3[nH]c(-c4n[nH]c5ccc(-c6cncc(NC(=O)C7CCCCC7)c6)nc45)cc23)c1. The van der Waals surface area contributed by atoms with Crippen molar-refractivity contribution in [3.05, 3.63) is 78.6 Å². The first-order valence-corrected chi connectivity index (χ1v) is 17.3. The summed E-state index contributed by atoms with van der Waals surface area (Å²) in [5.41, 5.74) is 7.37. The smallest absolute Gasteiger partial charge is 0.227 e. The average molecular weight is 638 g/mol. The van der Waals surface area contributed by atoms with E-state index in [2.05, 4.69) is 30.5 Å². The molecule has 10 nitrogen and oxygen atoms in total. The van der Waals surface area contributed by atoms with Crippen LogP contribution in [0.4, 0.5) is 10.1 Å². The van der Waals surface area contributed by atoms with Gasteiger partial charge in [0.2, 0.25) is 5.91 Å². The van der Waals surface area contributed by atoms with E-state index in [-0.39, 0.29) is 24.0 Å². The van der Waals surface area contributed by atoms with Crippen LogP contribution in [0.15, 0.2) is 67.3 Å². The molecule has 0 spiro atoms. The highest BCUT2D eigenvalue weighted by Gasteiger charge is 2.22. The van der Waals surface area contributed by atoms with Gasteiger partial charge in [-0.3, -0.25) is 19.9 Å². The summed E-state index contributed by atoms with van der Waals surface area (Å²) in [5, 5.41) is 11.4. The minimum atomic E-state index is -3.20. The first-order valence-electron chi connectivity index (χ1n) is 15.3.